The zero-order valence-corrected chi connectivity index (χ0v) is 12.2. The van der Waals surface area contributed by atoms with Gasteiger partial charge in [0.05, 0.1) is 6.61 Å². The minimum Gasteiger partial charge on any atom is -0.490 e. The van der Waals surface area contributed by atoms with Crippen LogP contribution in [0.1, 0.15) is 17.3 Å². The Morgan fingerprint density at radius 1 is 1.33 bits per heavy atom. The van der Waals surface area contributed by atoms with Crippen LogP contribution in [0.4, 0.5) is 0 Å². The van der Waals surface area contributed by atoms with E-state index in [1.807, 2.05) is 0 Å². The van der Waals surface area contributed by atoms with Gasteiger partial charge in [0, 0.05) is 19.2 Å². The number of hydrogen-bond acceptors (Lipinski definition) is 4. The van der Waals surface area contributed by atoms with E-state index < -0.39 is 12.6 Å². The predicted octanol–water partition coefficient (Wildman–Crippen LogP) is 1.81. The number of hydrogen-bond donors (Lipinski definition) is 1. The molecule has 6 heteroatoms. The fraction of sp³-hybridized carbons (Fsp3) is 0.333. The summed E-state index contributed by atoms with van der Waals surface area (Å²) in [5.74, 6) is -0.622. The lowest BCUT2D eigenvalue weighted by Gasteiger charge is -2.17. The summed E-state index contributed by atoms with van der Waals surface area (Å²) < 4.78 is 10.5. The van der Waals surface area contributed by atoms with Gasteiger partial charge in [0.25, 0.3) is 5.91 Å². The molecule has 0 aliphatic heterocycles. The quantitative estimate of drug-likeness (QED) is 0.740. The van der Waals surface area contributed by atoms with Crippen molar-refractivity contribution in [2.45, 2.75) is 6.92 Å². The second-order valence-electron chi connectivity index (χ2n) is 4.25. The molecule has 1 aromatic rings. The second-order valence-corrected chi connectivity index (χ2v) is 4.25. The summed E-state index contributed by atoms with van der Waals surface area (Å²) in [7, 11) is 1.67. The molecule has 0 aromatic heterocycles. The van der Waals surface area contributed by atoms with E-state index in [4.69, 9.17) is 14.6 Å². The summed E-state index contributed by atoms with van der Waals surface area (Å²) >= 11 is 0. The molecule has 114 valence electrons. The van der Waals surface area contributed by atoms with Crippen LogP contribution in [0.3, 0.4) is 0 Å². The number of aliphatic carboxylic acids is 1. The first-order chi connectivity index (χ1) is 9.99. The third-order valence-corrected chi connectivity index (χ3v) is 2.59. The number of amides is 1. The Balaban J connectivity index is 2.98. The number of carbonyl (C=O) groups excluding carboxylic acids is 1. The number of carboxylic acid groups (broad SMARTS) is 1. The van der Waals surface area contributed by atoms with Gasteiger partial charge in [-0.3, -0.25) is 4.79 Å². The van der Waals surface area contributed by atoms with E-state index in [1.165, 1.54) is 11.0 Å². The van der Waals surface area contributed by atoms with Crippen LogP contribution in [0.15, 0.2) is 30.9 Å². The Morgan fingerprint density at radius 2 is 2.05 bits per heavy atom. The maximum absolute atomic E-state index is 12.2. The molecule has 0 spiro atoms. The maximum atomic E-state index is 12.2. The van der Waals surface area contributed by atoms with Gasteiger partial charge in [0.15, 0.2) is 18.1 Å². The van der Waals surface area contributed by atoms with E-state index in [0.29, 0.717) is 30.2 Å². The molecule has 0 heterocycles. The highest BCUT2D eigenvalue weighted by molar-refractivity contribution is 5.94. The lowest BCUT2D eigenvalue weighted by Crippen LogP contribution is -2.26. The van der Waals surface area contributed by atoms with Crippen molar-refractivity contribution in [1.82, 2.24) is 4.90 Å². The van der Waals surface area contributed by atoms with Gasteiger partial charge in [-0.1, -0.05) is 6.08 Å². The van der Waals surface area contributed by atoms with Crippen LogP contribution >= 0.6 is 0 Å². The van der Waals surface area contributed by atoms with Crippen LogP contribution < -0.4 is 9.47 Å². The molecule has 0 radical (unpaired) electrons. The summed E-state index contributed by atoms with van der Waals surface area (Å²) in [5.41, 5.74) is 0.436. The first kappa shape index (κ1) is 16.6. The molecule has 0 bridgehead atoms. The molecule has 0 saturated carbocycles. The summed E-state index contributed by atoms with van der Waals surface area (Å²) in [5, 5.41) is 8.63. The fourth-order valence-corrected chi connectivity index (χ4v) is 1.67. The first-order valence-electron chi connectivity index (χ1n) is 6.47. The van der Waals surface area contributed by atoms with Crippen molar-refractivity contribution < 1.29 is 24.2 Å². The summed E-state index contributed by atoms with van der Waals surface area (Å²) in [6.07, 6.45) is 1.63. The van der Waals surface area contributed by atoms with Crippen molar-refractivity contribution in [2.75, 3.05) is 26.8 Å². The molecular weight excluding hydrogens is 274 g/mol. The molecule has 21 heavy (non-hydrogen) atoms. The number of carbonyl (C=O) groups is 2. The van der Waals surface area contributed by atoms with Crippen molar-refractivity contribution in [1.29, 1.82) is 0 Å². The standard InChI is InChI=1S/C15H19NO5/c1-4-8-16(3)15(19)11-6-7-12(21-10-14(17)18)13(9-11)20-5-2/h4,6-7,9H,1,5,8,10H2,2-3H3,(H,17,18). The highest BCUT2D eigenvalue weighted by Gasteiger charge is 2.15. The van der Waals surface area contributed by atoms with Crippen LogP contribution in [0.2, 0.25) is 0 Å². The van der Waals surface area contributed by atoms with E-state index in [9.17, 15) is 9.59 Å². The Bertz CT molecular complexity index is 527. The summed E-state index contributed by atoms with van der Waals surface area (Å²) in [4.78, 5) is 24.2. The molecule has 1 N–H and O–H groups in total. The number of likely N-dealkylation sites (N-methyl/N-ethyl adjacent to an activating group) is 1. The topological polar surface area (TPSA) is 76.1 Å². The Labute approximate surface area is 123 Å². The highest BCUT2D eigenvalue weighted by atomic mass is 16.5. The van der Waals surface area contributed by atoms with Crippen LogP contribution in [-0.2, 0) is 4.79 Å². The Kier molecular flexibility index (Phi) is 6.26. The van der Waals surface area contributed by atoms with Gasteiger partial charge in [-0.05, 0) is 25.1 Å². The van der Waals surface area contributed by atoms with Crippen molar-refractivity contribution in [2.24, 2.45) is 0 Å². The average Bonchev–Trinajstić information content (AvgIpc) is 2.45. The predicted molar refractivity (Wildman–Crippen MR) is 77.9 cm³/mol. The Morgan fingerprint density at radius 3 is 2.62 bits per heavy atom. The molecule has 6 nitrogen and oxygen atoms in total. The van der Waals surface area contributed by atoms with Crippen molar-refractivity contribution in [3.8, 4) is 11.5 Å². The lowest BCUT2D eigenvalue weighted by atomic mass is 10.1. The van der Waals surface area contributed by atoms with Crippen molar-refractivity contribution >= 4 is 11.9 Å². The molecule has 0 atom stereocenters. The molecule has 1 aromatic carbocycles. The van der Waals surface area contributed by atoms with Gasteiger partial charge in [0.1, 0.15) is 0 Å². The SMILES string of the molecule is C=CCN(C)C(=O)c1ccc(OCC(=O)O)c(OCC)c1. The van der Waals surface area contributed by atoms with Crippen LogP contribution in [-0.4, -0.2) is 48.7 Å². The maximum Gasteiger partial charge on any atom is 0.341 e. The minimum absolute atomic E-state index is 0.180. The van der Waals surface area contributed by atoms with Crippen LogP contribution in [0.25, 0.3) is 0 Å². The summed E-state index contributed by atoms with van der Waals surface area (Å²) in [6, 6.07) is 4.65. The molecule has 1 amide bonds. The highest BCUT2D eigenvalue weighted by Crippen LogP contribution is 2.29. The molecule has 0 fully saturated rings. The minimum atomic E-state index is -1.08. The van der Waals surface area contributed by atoms with Gasteiger partial charge in [-0.25, -0.2) is 4.79 Å². The van der Waals surface area contributed by atoms with Crippen LogP contribution in [0.5, 0.6) is 11.5 Å². The van der Waals surface area contributed by atoms with Gasteiger partial charge in [0.2, 0.25) is 0 Å². The van der Waals surface area contributed by atoms with E-state index in [-0.39, 0.29) is 5.91 Å². The number of benzene rings is 1. The van der Waals surface area contributed by atoms with E-state index in [0.717, 1.165) is 0 Å². The number of ether oxygens (including phenoxy) is 2. The smallest absolute Gasteiger partial charge is 0.341 e. The monoisotopic (exact) mass is 293 g/mol. The molecule has 0 aliphatic carbocycles. The molecule has 0 unspecified atom stereocenters. The van der Waals surface area contributed by atoms with E-state index in [2.05, 4.69) is 6.58 Å². The third kappa shape index (κ3) is 4.83. The normalized spacial score (nSPS) is 9.81. The van der Waals surface area contributed by atoms with Crippen LogP contribution in [0, 0.1) is 0 Å². The molecular formula is C15H19NO5. The Hall–Kier alpha value is -2.50. The largest absolute Gasteiger partial charge is 0.490 e. The zero-order chi connectivity index (χ0) is 15.8. The van der Waals surface area contributed by atoms with Gasteiger partial charge in [-0.2, -0.15) is 0 Å². The molecule has 0 aliphatic rings. The molecule has 0 saturated heterocycles. The fourth-order valence-electron chi connectivity index (χ4n) is 1.67. The van der Waals surface area contributed by atoms with E-state index in [1.54, 1.807) is 32.2 Å². The number of nitrogens with zero attached hydrogens (tertiary/aromatic N) is 1. The second kappa shape index (κ2) is 7.94. The third-order valence-electron chi connectivity index (χ3n) is 2.59. The summed E-state index contributed by atoms with van der Waals surface area (Å²) in [6.45, 7) is 5.72. The number of carboxylic acids is 1. The van der Waals surface area contributed by atoms with Gasteiger partial charge < -0.3 is 19.5 Å². The lowest BCUT2D eigenvalue weighted by molar-refractivity contribution is -0.139. The van der Waals surface area contributed by atoms with Gasteiger partial charge >= 0.3 is 5.97 Å². The number of rotatable bonds is 8. The molecule has 1 rings (SSSR count). The van der Waals surface area contributed by atoms with Crippen molar-refractivity contribution in [3.63, 3.8) is 0 Å². The van der Waals surface area contributed by atoms with E-state index >= 15 is 0 Å². The first-order valence-corrected chi connectivity index (χ1v) is 6.47. The zero-order valence-electron chi connectivity index (χ0n) is 12.2. The van der Waals surface area contributed by atoms with Crippen molar-refractivity contribution in [3.05, 3.63) is 36.4 Å². The average molecular weight is 293 g/mol. The van der Waals surface area contributed by atoms with Gasteiger partial charge in [-0.15, -0.1) is 6.58 Å².